The minimum Gasteiger partial charge on any atom is -0.494 e. The average Bonchev–Trinajstić information content (AvgIpc) is 3.79. The number of benzene rings is 3. The number of ether oxygens (including phenoxy) is 1. The van der Waals surface area contributed by atoms with E-state index in [1.165, 1.54) is 0 Å². The summed E-state index contributed by atoms with van der Waals surface area (Å²) in [6.07, 6.45) is 2.83. The fraction of sp³-hybridized carbons (Fsp3) is 0.292. The van der Waals surface area contributed by atoms with Crippen LogP contribution in [0.4, 0.5) is 5.69 Å². The Hall–Kier alpha value is -5.84. The summed E-state index contributed by atoms with van der Waals surface area (Å²) < 4.78 is 12.0. The number of carbonyl (C=O) groups excluding carboxylic acids is 1. The van der Waals surface area contributed by atoms with Gasteiger partial charge in [0.1, 0.15) is 11.4 Å². The predicted molar refractivity (Wildman–Crippen MR) is 241 cm³/mol. The lowest BCUT2D eigenvalue weighted by atomic mass is 9.98. The summed E-state index contributed by atoms with van der Waals surface area (Å²) in [4.78, 5) is 35.4. The Morgan fingerprint density at radius 3 is 2.38 bits per heavy atom. The third-order valence-corrected chi connectivity index (χ3v) is 12.8. The number of anilines is 1. The summed E-state index contributed by atoms with van der Waals surface area (Å²) in [6, 6.07) is 17.2. The molecule has 5 heterocycles. The van der Waals surface area contributed by atoms with E-state index in [4.69, 9.17) is 33.0 Å². The van der Waals surface area contributed by atoms with Crippen LogP contribution in [-0.4, -0.2) is 54.0 Å². The Morgan fingerprint density at radius 1 is 0.983 bits per heavy atom. The number of aromatic carboxylic acids is 1. The molecule has 1 aliphatic rings. The molecule has 1 N–H and O–H groups in total. The molecule has 0 aliphatic carbocycles. The molecule has 0 spiro atoms. The number of carbonyl (C=O) groups is 2. The molecule has 0 saturated heterocycles. The molecule has 60 heavy (non-hydrogen) atoms. The molecule has 1 atom stereocenters. The molecule has 1 aliphatic heterocycles. The fourth-order valence-electron chi connectivity index (χ4n) is 9.02. The van der Waals surface area contributed by atoms with Crippen LogP contribution < -0.4 is 9.64 Å². The topological polar surface area (TPSA) is 107 Å². The van der Waals surface area contributed by atoms with Crippen molar-refractivity contribution in [3.63, 3.8) is 0 Å². The highest BCUT2D eigenvalue weighted by atomic mass is 35.5. The van der Waals surface area contributed by atoms with Crippen LogP contribution in [0.1, 0.15) is 92.2 Å². The summed E-state index contributed by atoms with van der Waals surface area (Å²) in [5, 5.41) is 18.7. The first kappa shape index (κ1) is 40.9. The van der Waals surface area contributed by atoms with Gasteiger partial charge in [0.2, 0.25) is 0 Å². The minimum absolute atomic E-state index is 0.0251. The van der Waals surface area contributed by atoms with E-state index in [0.717, 1.165) is 77.6 Å². The van der Waals surface area contributed by atoms with Gasteiger partial charge in [0.15, 0.2) is 5.69 Å². The number of hydrogen-bond donors (Lipinski definition) is 1. The monoisotopic (exact) mass is 842 g/mol. The average molecular weight is 844 g/mol. The number of rotatable bonds is 11. The van der Waals surface area contributed by atoms with Crippen molar-refractivity contribution in [2.24, 2.45) is 7.05 Å². The van der Waals surface area contributed by atoms with Crippen molar-refractivity contribution in [1.29, 1.82) is 0 Å². The number of carboxylic acid groups (broad SMARTS) is 1. The van der Waals surface area contributed by atoms with E-state index >= 15 is 4.79 Å². The van der Waals surface area contributed by atoms with Crippen LogP contribution in [-0.2, 0) is 20.0 Å². The number of aromatic nitrogens is 5. The largest absolute Gasteiger partial charge is 0.494 e. The zero-order chi connectivity index (χ0) is 42.9. The fourth-order valence-corrected chi connectivity index (χ4v) is 9.38. The van der Waals surface area contributed by atoms with Gasteiger partial charge in [0.05, 0.1) is 46.3 Å². The van der Waals surface area contributed by atoms with Crippen molar-refractivity contribution in [1.82, 2.24) is 23.9 Å². The summed E-state index contributed by atoms with van der Waals surface area (Å²) in [5.41, 5.74) is 12.2. The number of carboxylic acids is 1. The number of fused-ring (bicyclic) bond motifs is 4. The van der Waals surface area contributed by atoms with Crippen LogP contribution >= 0.6 is 23.2 Å². The molecular weight excluding hydrogens is 795 g/mol. The smallest absolute Gasteiger partial charge is 0.354 e. The van der Waals surface area contributed by atoms with Gasteiger partial charge in [-0.3, -0.25) is 14.5 Å². The molecule has 10 nitrogen and oxygen atoms in total. The molecule has 4 aromatic heterocycles. The summed E-state index contributed by atoms with van der Waals surface area (Å²) >= 11 is 13.6. The zero-order valence-corrected chi connectivity index (χ0v) is 36.7. The van der Waals surface area contributed by atoms with Gasteiger partial charge in [-0.2, -0.15) is 5.10 Å². The lowest BCUT2D eigenvalue weighted by Crippen LogP contribution is -2.43. The molecule has 0 saturated carbocycles. The Balaban J connectivity index is 1.31. The van der Waals surface area contributed by atoms with Crippen LogP contribution in [0.2, 0.25) is 10.0 Å². The van der Waals surface area contributed by atoms with E-state index in [0.29, 0.717) is 52.4 Å². The van der Waals surface area contributed by atoms with E-state index < -0.39 is 5.97 Å². The van der Waals surface area contributed by atoms with Gasteiger partial charge in [-0.1, -0.05) is 53.1 Å². The standard InChI is InChI=1S/C48H48Cl2N6O4/c1-25(2)32-16-17-51-33(22-32)24-54-39-15-12-26(3)19-37(39)44(46(54)48(58)59)55-23-29(6)56-43-36(13-14-38(49)41(43)40-30(7)52-53(9)31(40)8)35(45(56)47(55)57)11-10-18-60-34-20-27(4)42(50)28(5)21-34/h12-17,19-22,29H,1,10-11,18,23-24H2,2-9H3,(H,58,59)/t29-/m1/s1. The molecule has 0 unspecified atom stereocenters. The Bertz CT molecular complexity index is 2910. The number of allylic oxidation sites excluding steroid dienone is 1. The van der Waals surface area contributed by atoms with E-state index in [2.05, 4.69) is 23.1 Å². The van der Waals surface area contributed by atoms with Crippen molar-refractivity contribution < 1.29 is 19.4 Å². The first-order valence-corrected chi connectivity index (χ1v) is 20.9. The first-order chi connectivity index (χ1) is 28.6. The van der Waals surface area contributed by atoms with Gasteiger partial charge in [-0.15, -0.1) is 0 Å². The van der Waals surface area contributed by atoms with Gasteiger partial charge in [-0.25, -0.2) is 4.79 Å². The van der Waals surface area contributed by atoms with Crippen LogP contribution in [0, 0.1) is 34.6 Å². The number of pyridine rings is 1. The molecule has 0 bridgehead atoms. The molecular formula is C48H48Cl2N6O4. The minimum atomic E-state index is -1.14. The summed E-state index contributed by atoms with van der Waals surface area (Å²) in [6.45, 7) is 18.8. The number of hydrogen-bond acceptors (Lipinski definition) is 5. The van der Waals surface area contributed by atoms with Crippen molar-refractivity contribution in [3.8, 4) is 16.9 Å². The van der Waals surface area contributed by atoms with Crippen molar-refractivity contribution in [2.75, 3.05) is 18.1 Å². The summed E-state index contributed by atoms with van der Waals surface area (Å²) in [7, 11) is 1.91. The van der Waals surface area contributed by atoms with Crippen LogP contribution in [0.25, 0.3) is 38.5 Å². The quantitative estimate of drug-likeness (QED) is 0.130. The SMILES string of the molecule is C=C(C)c1ccnc(Cn2c(C(=O)O)c(N3C[C@@H](C)n4c(c(CCCOc5cc(C)c(Cl)c(C)c5)c5ccc(Cl)c(-c6c(C)nn(C)c6C)c54)C3=O)c3cc(C)ccc32)c1. The normalized spacial score (nSPS) is 14.1. The van der Waals surface area contributed by atoms with Gasteiger partial charge in [0.25, 0.3) is 5.91 Å². The highest BCUT2D eigenvalue weighted by Gasteiger charge is 2.40. The number of amides is 1. The zero-order valence-electron chi connectivity index (χ0n) is 35.2. The molecule has 3 aromatic carbocycles. The van der Waals surface area contributed by atoms with E-state index in [1.807, 2.05) is 108 Å². The van der Waals surface area contributed by atoms with E-state index in [1.54, 1.807) is 15.7 Å². The van der Waals surface area contributed by atoms with Gasteiger partial charge in [-0.05, 0) is 126 Å². The second-order valence-corrected chi connectivity index (χ2v) is 17.0. The molecule has 1 amide bonds. The predicted octanol–water partition coefficient (Wildman–Crippen LogP) is 11.3. The molecule has 7 aromatic rings. The van der Waals surface area contributed by atoms with Gasteiger partial charge >= 0.3 is 5.97 Å². The molecule has 0 fully saturated rings. The number of halogens is 2. The van der Waals surface area contributed by atoms with E-state index in [-0.39, 0.29) is 30.7 Å². The summed E-state index contributed by atoms with van der Waals surface area (Å²) in [5.74, 6) is -0.681. The highest BCUT2D eigenvalue weighted by Crippen LogP contribution is 2.46. The number of nitrogens with zero attached hydrogens (tertiary/aromatic N) is 6. The van der Waals surface area contributed by atoms with Crippen LogP contribution in [0.15, 0.2) is 67.4 Å². The maximum Gasteiger partial charge on any atom is 0.354 e. The van der Waals surface area contributed by atoms with Gasteiger partial charge < -0.3 is 23.9 Å². The second-order valence-electron chi connectivity index (χ2n) is 16.2. The second kappa shape index (κ2) is 15.6. The van der Waals surface area contributed by atoms with Crippen LogP contribution in [0.3, 0.4) is 0 Å². The first-order valence-electron chi connectivity index (χ1n) is 20.1. The third kappa shape index (κ3) is 6.85. The molecule has 0 radical (unpaired) electrons. The maximum absolute atomic E-state index is 15.6. The Kier molecular flexibility index (Phi) is 10.7. The van der Waals surface area contributed by atoms with Crippen molar-refractivity contribution in [3.05, 3.63) is 134 Å². The van der Waals surface area contributed by atoms with Crippen molar-refractivity contribution in [2.45, 2.75) is 73.9 Å². The Morgan fingerprint density at radius 2 is 1.72 bits per heavy atom. The van der Waals surface area contributed by atoms with Gasteiger partial charge in [0, 0.05) is 58.4 Å². The maximum atomic E-state index is 15.6. The lowest BCUT2D eigenvalue weighted by molar-refractivity contribution is 0.0687. The molecule has 308 valence electrons. The number of aryl methyl sites for hydroxylation is 6. The molecule has 12 heteroatoms. The lowest BCUT2D eigenvalue weighted by Gasteiger charge is -2.34. The highest BCUT2D eigenvalue weighted by molar-refractivity contribution is 6.35. The van der Waals surface area contributed by atoms with E-state index in [9.17, 15) is 9.90 Å². The molecule has 8 rings (SSSR count). The third-order valence-electron chi connectivity index (χ3n) is 11.9. The Labute approximate surface area is 359 Å². The van der Waals surface area contributed by atoms with Crippen molar-refractivity contribution >= 4 is 68.1 Å². The van der Waals surface area contributed by atoms with Crippen LogP contribution in [0.5, 0.6) is 5.75 Å².